The normalized spacial score (nSPS) is 11.2. The number of hydrogen-bond donors (Lipinski definition) is 1. The fraction of sp³-hybridized carbons (Fsp3) is 0.133. The fourth-order valence-corrected chi connectivity index (χ4v) is 2.39. The van der Waals surface area contributed by atoms with E-state index in [1.165, 1.54) is 18.2 Å². The predicted molar refractivity (Wildman–Crippen MR) is 78.8 cm³/mol. The summed E-state index contributed by atoms with van der Waals surface area (Å²) in [4.78, 5) is 11.8. The van der Waals surface area contributed by atoms with Crippen molar-refractivity contribution in [1.82, 2.24) is 0 Å². The number of ether oxygens (including phenoxy) is 1. The number of halogens is 5. The van der Waals surface area contributed by atoms with Crippen LogP contribution in [0.5, 0.6) is 5.75 Å². The lowest BCUT2D eigenvalue weighted by Crippen LogP contribution is -2.17. The molecule has 128 valence electrons. The highest BCUT2D eigenvalue weighted by molar-refractivity contribution is 8.00. The molecule has 9 heteroatoms. The van der Waals surface area contributed by atoms with Gasteiger partial charge in [-0.3, -0.25) is 4.79 Å². The van der Waals surface area contributed by atoms with Crippen molar-refractivity contribution < 1.29 is 31.5 Å². The van der Waals surface area contributed by atoms with Crippen LogP contribution in [-0.4, -0.2) is 18.0 Å². The van der Waals surface area contributed by atoms with Gasteiger partial charge in [-0.05, 0) is 36.4 Å². The number of benzene rings is 2. The molecule has 0 fully saturated rings. The summed E-state index contributed by atoms with van der Waals surface area (Å²) in [6.07, 6.45) is -4.79. The van der Waals surface area contributed by atoms with Crippen molar-refractivity contribution in [3.8, 4) is 5.75 Å². The summed E-state index contributed by atoms with van der Waals surface area (Å²) in [5.41, 5.74) is 0.259. The average molecular weight is 363 g/mol. The summed E-state index contributed by atoms with van der Waals surface area (Å²) in [5.74, 6) is -2.55. The van der Waals surface area contributed by atoms with Crippen LogP contribution in [0.1, 0.15) is 0 Å². The lowest BCUT2D eigenvalue weighted by molar-refractivity contribution is -0.274. The van der Waals surface area contributed by atoms with Crippen LogP contribution in [-0.2, 0) is 4.79 Å². The van der Waals surface area contributed by atoms with Crippen LogP contribution in [0, 0.1) is 11.6 Å². The Morgan fingerprint density at radius 3 is 2.33 bits per heavy atom. The Bertz CT molecular complexity index is 719. The van der Waals surface area contributed by atoms with E-state index in [1.54, 1.807) is 0 Å². The molecule has 1 N–H and O–H groups in total. The summed E-state index contributed by atoms with van der Waals surface area (Å²) in [5, 5.41) is 2.44. The third-order valence-electron chi connectivity index (χ3n) is 2.62. The summed E-state index contributed by atoms with van der Waals surface area (Å²) < 4.78 is 65.9. The predicted octanol–water partition coefficient (Wildman–Crippen LogP) is 4.59. The van der Waals surface area contributed by atoms with Gasteiger partial charge in [-0.15, -0.1) is 24.9 Å². The lowest BCUT2D eigenvalue weighted by Gasteiger charge is -2.10. The number of amides is 1. The number of thioether (sulfide) groups is 1. The van der Waals surface area contributed by atoms with Crippen LogP contribution >= 0.6 is 11.8 Å². The smallest absolute Gasteiger partial charge is 0.406 e. The minimum absolute atomic E-state index is 0.112. The molecule has 0 saturated carbocycles. The van der Waals surface area contributed by atoms with Gasteiger partial charge in [-0.25, -0.2) is 8.78 Å². The highest BCUT2D eigenvalue weighted by atomic mass is 32.2. The van der Waals surface area contributed by atoms with Crippen molar-refractivity contribution in [2.75, 3.05) is 11.1 Å². The highest BCUT2D eigenvalue weighted by Gasteiger charge is 2.30. The largest absolute Gasteiger partial charge is 0.573 e. The summed E-state index contributed by atoms with van der Waals surface area (Å²) in [7, 11) is 0. The van der Waals surface area contributed by atoms with Crippen LogP contribution in [0.4, 0.5) is 27.6 Å². The average Bonchev–Trinajstić information content (AvgIpc) is 2.47. The second kappa shape index (κ2) is 7.52. The monoisotopic (exact) mass is 363 g/mol. The third-order valence-corrected chi connectivity index (χ3v) is 3.67. The maximum absolute atomic E-state index is 13.4. The van der Waals surface area contributed by atoms with E-state index >= 15 is 0 Å². The van der Waals surface area contributed by atoms with E-state index in [0.717, 1.165) is 30.0 Å². The van der Waals surface area contributed by atoms with Gasteiger partial charge in [0, 0.05) is 16.6 Å². The van der Waals surface area contributed by atoms with Crippen LogP contribution in [0.15, 0.2) is 47.4 Å². The Hall–Kier alpha value is -2.29. The van der Waals surface area contributed by atoms with Gasteiger partial charge in [0.2, 0.25) is 5.91 Å². The molecular formula is C15H10F5NO2S. The van der Waals surface area contributed by atoms with E-state index in [2.05, 4.69) is 10.1 Å². The Kier molecular flexibility index (Phi) is 5.66. The number of carbonyl (C=O) groups excluding carboxylic acids is 1. The van der Waals surface area contributed by atoms with Crippen molar-refractivity contribution in [2.24, 2.45) is 0 Å². The second-order valence-electron chi connectivity index (χ2n) is 4.48. The fourth-order valence-electron chi connectivity index (χ4n) is 1.67. The van der Waals surface area contributed by atoms with Crippen LogP contribution < -0.4 is 10.1 Å². The molecular weight excluding hydrogens is 353 g/mol. The van der Waals surface area contributed by atoms with Crippen molar-refractivity contribution in [3.63, 3.8) is 0 Å². The summed E-state index contributed by atoms with van der Waals surface area (Å²) in [6, 6.07) is 7.57. The van der Waals surface area contributed by atoms with Gasteiger partial charge < -0.3 is 10.1 Å². The lowest BCUT2D eigenvalue weighted by atomic mass is 10.3. The number of hydrogen-bond acceptors (Lipinski definition) is 3. The van der Waals surface area contributed by atoms with Gasteiger partial charge in [0.15, 0.2) is 0 Å². The maximum Gasteiger partial charge on any atom is 0.573 e. The van der Waals surface area contributed by atoms with Crippen molar-refractivity contribution >= 4 is 23.4 Å². The molecule has 0 aromatic heterocycles. The molecule has 0 heterocycles. The Labute approximate surface area is 137 Å². The number of nitrogens with one attached hydrogen (secondary N) is 1. The molecule has 0 bridgehead atoms. The zero-order valence-corrected chi connectivity index (χ0v) is 12.7. The molecule has 0 radical (unpaired) electrons. The van der Waals surface area contributed by atoms with Crippen molar-refractivity contribution in [1.29, 1.82) is 0 Å². The van der Waals surface area contributed by atoms with Gasteiger partial charge in [-0.2, -0.15) is 0 Å². The van der Waals surface area contributed by atoms with Gasteiger partial charge in [-0.1, -0.05) is 0 Å². The maximum atomic E-state index is 13.4. The van der Waals surface area contributed by atoms with E-state index in [9.17, 15) is 26.7 Å². The van der Waals surface area contributed by atoms with Crippen molar-refractivity contribution in [3.05, 3.63) is 54.1 Å². The molecule has 0 aliphatic heterocycles. The molecule has 0 saturated heterocycles. The Morgan fingerprint density at radius 2 is 1.75 bits per heavy atom. The first-order valence-corrected chi connectivity index (χ1v) is 7.45. The topological polar surface area (TPSA) is 38.3 Å². The van der Waals surface area contributed by atoms with E-state index < -0.39 is 29.7 Å². The van der Waals surface area contributed by atoms with Crippen LogP contribution in [0.25, 0.3) is 0 Å². The van der Waals surface area contributed by atoms with E-state index in [1.807, 2.05) is 0 Å². The minimum Gasteiger partial charge on any atom is -0.406 e. The Balaban J connectivity index is 1.88. The standard InChI is InChI=1S/C15H10F5NO2S/c16-9-1-6-13(12(17)7-9)24-8-14(22)21-10-2-4-11(5-3-10)23-15(18,19)20/h1-7H,8H2,(H,21,22). The first-order valence-electron chi connectivity index (χ1n) is 6.46. The number of carbonyl (C=O) groups is 1. The van der Waals surface area contributed by atoms with Crippen LogP contribution in [0.2, 0.25) is 0 Å². The van der Waals surface area contributed by atoms with E-state index in [4.69, 9.17) is 0 Å². The van der Waals surface area contributed by atoms with Crippen molar-refractivity contribution in [2.45, 2.75) is 11.3 Å². The Morgan fingerprint density at radius 1 is 1.08 bits per heavy atom. The van der Waals surface area contributed by atoms with Crippen LogP contribution in [0.3, 0.4) is 0 Å². The number of alkyl halides is 3. The third kappa shape index (κ3) is 5.73. The number of rotatable bonds is 5. The summed E-state index contributed by atoms with van der Waals surface area (Å²) >= 11 is 0.867. The summed E-state index contributed by atoms with van der Waals surface area (Å²) in [6.45, 7) is 0. The molecule has 0 aliphatic rings. The highest BCUT2D eigenvalue weighted by Crippen LogP contribution is 2.25. The van der Waals surface area contributed by atoms with Gasteiger partial charge in [0.25, 0.3) is 0 Å². The molecule has 2 rings (SSSR count). The molecule has 0 atom stereocenters. The van der Waals surface area contributed by atoms with E-state index in [0.29, 0.717) is 6.07 Å². The minimum atomic E-state index is -4.79. The molecule has 2 aromatic rings. The molecule has 2 aromatic carbocycles. The first-order chi connectivity index (χ1) is 11.2. The first kappa shape index (κ1) is 18.1. The van der Waals surface area contributed by atoms with Gasteiger partial charge >= 0.3 is 6.36 Å². The quantitative estimate of drug-likeness (QED) is 0.624. The SMILES string of the molecule is O=C(CSc1ccc(F)cc1F)Nc1ccc(OC(F)(F)F)cc1. The zero-order valence-electron chi connectivity index (χ0n) is 11.9. The molecule has 0 aliphatic carbocycles. The van der Waals surface area contributed by atoms with E-state index in [-0.39, 0.29) is 16.3 Å². The molecule has 3 nitrogen and oxygen atoms in total. The molecule has 0 unspecified atom stereocenters. The van der Waals surface area contributed by atoms with Gasteiger partial charge in [0.1, 0.15) is 17.4 Å². The molecule has 0 spiro atoms. The zero-order chi connectivity index (χ0) is 17.7. The second-order valence-corrected chi connectivity index (χ2v) is 5.50. The molecule has 24 heavy (non-hydrogen) atoms. The number of anilines is 1. The molecule has 1 amide bonds. The van der Waals surface area contributed by atoms with Gasteiger partial charge in [0.05, 0.1) is 5.75 Å².